The van der Waals surface area contributed by atoms with Crippen LogP contribution in [0.5, 0.6) is 0 Å². The molecule has 0 spiro atoms. The number of nitrogens with one attached hydrogen (secondary N) is 1. The lowest BCUT2D eigenvalue weighted by Crippen LogP contribution is -2.56. The summed E-state index contributed by atoms with van der Waals surface area (Å²) < 4.78 is 30.0. The molecule has 2 heterocycles. The molecule has 168 valence electrons. The molecule has 2 aliphatic rings. The van der Waals surface area contributed by atoms with Crippen LogP contribution in [0, 0.1) is 5.82 Å². The molecular weight excluding hydrogens is 419 g/mol. The molecule has 4 rings (SSSR count). The quantitative estimate of drug-likeness (QED) is 0.716. The predicted molar refractivity (Wildman–Crippen MR) is 110 cm³/mol. The molecule has 1 saturated heterocycles. The van der Waals surface area contributed by atoms with E-state index < -0.39 is 35.9 Å². The minimum atomic E-state index is -0.718. The van der Waals surface area contributed by atoms with E-state index in [0.717, 1.165) is 11.6 Å². The van der Waals surface area contributed by atoms with Gasteiger partial charge < -0.3 is 24.4 Å². The van der Waals surface area contributed by atoms with Crippen molar-refractivity contribution in [2.75, 3.05) is 20.3 Å². The van der Waals surface area contributed by atoms with E-state index >= 15 is 0 Å². The Bertz CT molecular complexity index is 1030. The van der Waals surface area contributed by atoms with Crippen molar-refractivity contribution in [3.8, 4) is 0 Å². The molecule has 0 saturated carbocycles. The fourth-order valence-electron chi connectivity index (χ4n) is 4.04. The Morgan fingerprint density at radius 3 is 2.78 bits per heavy atom. The molecule has 2 atom stereocenters. The number of carbonyl (C=O) groups excluding carboxylic acids is 3. The van der Waals surface area contributed by atoms with E-state index in [4.69, 9.17) is 9.47 Å². The number of methoxy groups -OCH3 is 1. The topological polar surface area (TPSA) is 94.2 Å². The van der Waals surface area contributed by atoms with E-state index in [1.807, 2.05) is 30.3 Å². The second-order valence-corrected chi connectivity index (χ2v) is 7.65. The van der Waals surface area contributed by atoms with Crippen molar-refractivity contribution in [1.29, 1.82) is 0 Å². The van der Waals surface area contributed by atoms with E-state index in [2.05, 4.69) is 10.1 Å². The second-order valence-electron chi connectivity index (χ2n) is 7.65. The molecule has 0 unspecified atom stereocenters. The van der Waals surface area contributed by atoms with Crippen molar-refractivity contribution in [3.05, 3.63) is 70.5 Å². The van der Waals surface area contributed by atoms with Crippen LogP contribution in [-0.4, -0.2) is 55.3 Å². The maximum atomic E-state index is 14.6. The van der Waals surface area contributed by atoms with Crippen molar-refractivity contribution >= 4 is 18.0 Å². The van der Waals surface area contributed by atoms with E-state index in [-0.39, 0.29) is 36.4 Å². The van der Waals surface area contributed by atoms with E-state index in [1.54, 1.807) is 0 Å². The highest BCUT2D eigenvalue weighted by molar-refractivity contribution is 6.01. The highest BCUT2D eigenvalue weighted by Crippen LogP contribution is 2.31. The van der Waals surface area contributed by atoms with Gasteiger partial charge in [0.25, 0.3) is 5.91 Å². The summed E-state index contributed by atoms with van der Waals surface area (Å²) in [6, 6.07) is 10.8. The van der Waals surface area contributed by atoms with Gasteiger partial charge in [-0.2, -0.15) is 0 Å². The summed E-state index contributed by atoms with van der Waals surface area (Å²) in [5, 5.41) is 2.77. The standard InChI is InChI=1S/C23H23FN2O6/c1-30-22(28)15-9-16-17(18(24)10-15)11-26(21(16)27)20-7-8-31-13-19(20)25-23(29)32-12-14-5-3-2-4-6-14/h2-6,9-10,19-20H,7-8,11-13H2,1H3,(H,25,29)/t19-,20-/m1/s1. The average Bonchev–Trinajstić information content (AvgIpc) is 3.15. The number of halogens is 1. The zero-order valence-corrected chi connectivity index (χ0v) is 17.5. The molecule has 0 aromatic heterocycles. The number of rotatable bonds is 5. The Balaban J connectivity index is 1.46. The number of benzene rings is 2. The normalized spacial score (nSPS) is 19.9. The van der Waals surface area contributed by atoms with Crippen LogP contribution in [-0.2, 0) is 27.4 Å². The van der Waals surface area contributed by atoms with Gasteiger partial charge in [0.15, 0.2) is 0 Å². The van der Waals surface area contributed by atoms with E-state index in [0.29, 0.717) is 13.0 Å². The molecule has 0 bridgehead atoms. The van der Waals surface area contributed by atoms with Crippen molar-refractivity contribution < 1.29 is 33.0 Å². The third-order valence-electron chi connectivity index (χ3n) is 5.67. The minimum Gasteiger partial charge on any atom is -0.465 e. The van der Waals surface area contributed by atoms with Gasteiger partial charge in [-0.3, -0.25) is 4.79 Å². The monoisotopic (exact) mass is 442 g/mol. The Kier molecular flexibility index (Phi) is 6.36. The lowest BCUT2D eigenvalue weighted by Gasteiger charge is -2.37. The number of fused-ring (bicyclic) bond motifs is 1. The maximum absolute atomic E-state index is 14.6. The van der Waals surface area contributed by atoms with Gasteiger partial charge in [-0.1, -0.05) is 30.3 Å². The smallest absolute Gasteiger partial charge is 0.407 e. The van der Waals surface area contributed by atoms with E-state index in [9.17, 15) is 18.8 Å². The van der Waals surface area contributed by atoms with Crippen LogP contribution in [0.1, 0.15) is 38.3 Å². The molecular formula is C23H23FN2O6. The van der Waals surface area contributed by atoms with Crippen LogP contribution in [0.15, 0.2) is 42.5 Å². The number of amides is 2. The van der Waals surface area contributed by atoms with E-state index in [1.165, 1.54) is 18.1 Å². The summed E-state index contributed by atoms with van der Waals surface area (Å²) >= 11 is 0. The minimum absolute atomic E-state index is 0.0231. The largest absolute Gasteiger partial charge is 0.465 e. The maximum Gasteiger partial charge on any atom is 0.407 e. The molecule has 0 aliphatic carbocycles. The molecule has 9 heteroatoms. The van der Waals surface area contributed by atoms with Gasteiger partial charge in [0.1, 0.15) is 12.4 Å². The second kappa shape index (κ2) is 9.35. The first-order chi connectivity index (χ1) is 15.5. The van der Waals surface area contributed by atoms with Crippen LogP contribution in [0.3, 0.4) is 0 Å². The van der Waals surface area contributed by atoms with Gasteiger partial charge >= 0.3 is 12.1 Å². The first kappa shape index (κ1) is 21.8. The average molecular weight is 442 g/mol. The SMILES string of the molecule is COC(=O)c1cc(F)c2c(c1)C(=O)N([C@@H]1CCOC[C@H]1NC(=O)OCc1ccccc1)C2. The van der Waals surface area contributed by atoms with Gasteiger partial charge in [-0.25, -0.2) is 14.0 Å². The molecule has 1 fully saturated rings. The molecule has 0 radical (unpaired) electrons. The zero-order valence-electron chi connectivity index (χ0n) is 17.5. The Morgan fingerprint density at radius 2 is 2.03 bits per heavy atom. The van der Waals surface area contributed by atoms with Gasteiger partial charge in [0, 0.05) is 17.7 Å². The Morgan fingerprint density at radius 1 is 1.25 bits per heavy atom. The molecule has 2 amide bonds. The zero-order chi connectivity index (χ0) is 22.7. The number of esters is 1. The van der Waals surface area contributed by atoms with Crippen LogP contribution in [0.4, 0.5) is 9.18 Å². The molecule has 2 aliphatic heterocycles. The highest BCUT2D eigenvalue weighted by atomic mass is 19.1. The first-order valence-electron chi connectivity index (χ1n) is 10.2. The predicted octanol–water partition coefficient (Wildman–Crippen LogP) is 2.65. The van der Waals surface area contributed by atoms with Crippen LogP contribution >= 0.6 is 0 Å². The van der Waals surface area contributed by atoms with Crippen molar-refractivity contribution in [1.82, 2.24) is 10.2 Å². The fourth-order valence-corrected chi connectivity index (χ4v) is 4.04. The number of nitrogens with zero attached hydrogens (tertiary/aromatic N) is 1. The molecule has 2 aromatic rings. The first-order valence-corrected chi connectivity index (χ1v) is 10.2. The number of alkyl carbamates (subject to hydrolysis) is 1. The van der Waals surface area contributed by atoms with Crippen molar-refractivity contribution in [3.63, 3.8) is 0 Å². The molecule has 2 aromatic carbocycles. The summed E-state index contributed by atoms with van der Waals surface area (Å²) in [7, 11) is 1.19. The lowest BCUT2D eigenvalue weighted by molar-refractivity contribution is 0.00696. The summed E-state index contributed by atoms with van der Waals surface area (Å²) in [5.74, 6) is -1.76. The van der Waals surface area contributed by atoms with Crippen LogP contribution < -0.4 is 5.32 Å². The van der Waals surface area contributed by atoms with Crippen LogP contribution in [0.2, 0.25) is 0 Å². The third-order valence-corrected chi connectivity index (χ3v) is 5.67. The van der Waals surface area contributed by atoms with Gasteiger partial charge in [-0.05, 0) is 24.1 Å². The van der Waals surface area contributed by atoms with Gasteiger partial charge in [-0.15, -0.1) is 0 Å². The summed E-state index contributed by atoms with van der Waals surface area (Å²) in [4.78, 5) is 38.7. The van der Waals surface area contributed by atoms with Crippen LogP contribution in [0.25, 0.3) is 0 Å². The Labute approximate surface area is 184 Å². The fraction of sp³-hybridized carbons (Fsp3) is 0.348. The lowest BCUT2D eigenvalue weighted by atomic mass is 10.0. The summed E-state index contributed by atoms with van der Waals surface area (Å²) in [6.45, 7) is 0.753. The molecule has 32 heavy (non-hydrogen) atoms. The molecule has 1 N–H and O–H groups in total. The Hall–Kier alpha value is -3.46. The van der Waals surface area contributed by atoms with Crippen molar-refractivity contribution in [2.45, 2.75) is 31.7 Å². The number of carbonyl (C=O) groups is 3. The summed E-state index contributed by atoms with van der Waals surface area (Å²) in [6.07, 6.45) is -0.160. The number of hydrogen-bond acceptors (Lipinski definition) is 6. The van der Waals surface area contributed by atoms with Gasteiger partial charge in [0.2, 0.25) is 0 Å². The summed E-state index contributed by atoms with van der Waals surface area (Å²) in [5.41, 5.74) is 1.17. The highest BCUT2D eigenvalue weighted by Gasteiger charge is 2.40. The number of ether oxygens (including phenoxy) is 3. The number of hydrogen-bond donors (Lipinski definition) is 1. The van der Waals surface area contributed by atoms with Crippen molar-refractivity contribution in [2.24, 2.45) is 0 Å². The molecule has 8 nitrogen and oxygen atoms in total. The third kappa shape index (κ3) is 4.43. The van der Waals surface area contributed by atoms with Gasteiger partial charge in [0.05, 0.1) is 37.9 Å².